The van der Waals surface area contributed by atoms with Crippen LogP contribution in [-0.4, -0.2) is 4.98 Å². The number of hydrazine groups is 1. The van der Waals surface area contributed by atoms with Crippen LogP contribution in [0.2, 0.25) is 0 Å². The third-order valence-corrected chi connectivity index (χ3v) is 5.22. The standard InChI is InChI=1S/C18H25N3/c1-18(2)10-4-3-8-16(18)17(21-19)14-7-5-6-13-9-11-20-12-15(13)14/h5-7,9,11-12,16-17,21H,3-4,8,10,19H2,1-2H3. The summed E-state index contributed by atoms with van der Waals surface area (Å²) in [7, 11) is 0. The van der Waals surface area contributed by atoms with Crippen LogP contribution in [0.3, 0.4) is 0 Å². The van der Waals surface area contributed by atoms with Gasteiger partial charge >= 0.3 is 0 Å². The van der Waals surface area contributed by atoms with Gasteiger partial charge in [0.1, 0.15) is 0 Å². The lowest BCUT2D eigenvalue weighted by atomic mass is 9.64. The number of nitrogens with two attached hydrogens (primary N) is 1. The quantitative estimate of drug-likeness (QED) is 0.662. The van der Waals surface area contributed by atoms with E-state index in [2.05, 4.69) is 48.5 Å². The Morgan fingerprint density at radius 2 is 2.14 bits per heavy atom. The van der Waals surface area contributed by atoms with Gasteiger partial charge < -0.3 is 0 Å². The van der Waals surface area contributed by atoms with Crippen LogP contribution in [0.5, 0.6) is 0 Å². The topological polar surface area (TPSA) is 50.9 Å². The number of rotatable bonds is 3. The fourth-order valence-corrected chi connectivity index (χ4v) is 3.97. The molecule has 0 bridgehead atoms. The maximum atomic E-state index is 5.98. The van der Waals surface area contributed by atoms with Crippen molar-refractivity contribution in [1.29, 1.82) is 0 Å². The van der Waals surface area contributed by atoms with Gasteiger partial charge in [0.25, 0.3) is 0 Å². The van der Waals surface area contributed by atoms with E-state index >= 15 is 0 Å². The Morgan fingerprint density at radius 1 is 1.29 bits per heavy atom. The molecule has 1 aromatic carbocycles. The van der Waals surface area contributed by atoms with Crippen LogP contribution in [0.25, 0.3) is 10.8 Å². The first-order chi connectivity index (χ1) is 10.1. The summed E-state index contributed by atoms with van der Waals surface area (Å²) in [6, 6.07) is 8.71. The van der Waals surface area contributed by atoms with E-state index in [1.807, 2.05) is 12.4 Å². The van der Waals surface area contributed by atoms with Crippen LogP contribution >= 0.6 is 0 Å². The highest BCUT2D eigenvalue weighted by atomic mass is 15.2. The van der Waals surface area contributed by atoms with Crippen molar-refractivity contribution in [2.45, 2.75) is 45.6 Å². The third-order valence-electron chi connectivity index (χ3n) is 5.22. The van der Waals surface area contributed by atoms with Crippen molar-refractivity contribution >= 4 is 10.8 Å². The van der Waals surface area contributed by atoms with Crippen LogP contribution < -0.4 is 11.3 Å². The molecule has 21 heavy (non-hydrogen) atoms. The number of nitrogens with zero attached hydrogens (tertiary/aromatic N) is 1. The molecule has 1 aliphatic carbocycles. The first-order valence-corrected chi connectivity index (χ1v) is 7.92. The smallest absolute Gasteiger partial charge is 0.0499 e. The summed E-state index contributed by atoms with van der Waals surface area (Å²) in [6.07, 6.45) is 8.96. The molecule has 0 amide bonds. The summed E-state index contributed by atoms with van der Waals surface area (Å²) in [5.41, 5.74) is 4.71. The fourth-order valence-electron chi connectivity index (χ4n) is 3.97. The molecular formula is C18H25N3. The van der Waals surface area contributed by atoms with Crippen molar-refractivity contribution < 1.29 is 0 Å². The van der Waals surface area contributed by atoms with E-state index in [0.29, 0.717) is 11.3 Å². The lowest BCUT2D eigenvalue weighted by Gasteiger charge is -2.43. The zero-order valence-corrected chi connectivity index (χ0v) is 13.0. The largest absolute Gasteiger partial charge is 0.271 e. The number of pyridine rings is 1. The molecule has 3 heteroatoms. The van der Waals surface area contributed by atoms with E-state index < -0.39 is 0 Å². The molecule has 0 spiro atoms. The number of benzene rings is 1. The van der Waals surface area contributed by atoms with E-state index in [0.717, 1.165) is 0 Å². The molecule has 1 aliphatic rings. The number of fused-ring (bicyclic) bond motifs is 1. The summed E-state index contributed by atoms with van der Waals surface area (Å²) >= 11 is 0. The van der Waals surface area contributed by atoms with E-state index in [9.17, 15) is 0 Å². The molecule has 3 N–H and O–H groups in total. The van der Waals surface area contributed by atoms with Gasteiger partial charge in [-0.15, -0.1) is 0 Å². The number of nitrogens with one attached hydrogen (secondary N) is 1. The van der Waals surface area contributed by atoms with Crippen molar-refractivity contribution in [3.8, 4) is 0 Å². The zero-order valence-electron chi connectivity index (χ0n) is 13.0. The highest BCUT2D eigenvalue weighted by molar-refractivity contribution is 5.85. The SMILES string of the molecule is CC1(C)CCCCC1C(NN)c1cccc2ccncc12. The molecule has 2 atom stereocenters. The van der Waals surface area contributed by atoms with Crippen LogP contribution in [0.15, 0.2) is 36.7 Å². The number of hydrogen-bond donors (Lipinski definition) is 2. The Labute approximate surface area is 126 Å². The minimum absolute atomic E-state index is 0.188. The molecule has 0 saturated heterocycles. The number of hydrogen-bond acceptors (Lipinski definition) is 3. The molecule has 0 aliphatic heterocycles. The van der Waals surface area contributed by atoms with Crippen molar-refractivity contribution in [2.75, 3.05) is 0 Å². The Bertz CT molecular complexity index is 615. The molecule has 112 valence electrons. The lowest BCUT2D eigenvalue weighted by molar-refractivity contribution is 0.0987. The van der Waals surface area contributed by atoms with E-state index in [1.54, 1.807) is 0 Å². The summed E-state index contributed by atoms with van der Waals surface area (Å²) < 4.78 is 0. The van der Waals surface area contributed by atoms with Gasteiger partial charge in [-0.3, -0.25) is 16.3 Å². The molecule has 0 radical (unpaired) electrons. The van der Waals surface area contributed by atoms with Crippen molar-refractivity contribution in [3.63, 3.8) is 0 Å². The van der Waals surface area contributed by atoms with Crippen molar-refractivity contribution in [2.24, 2.45) is 17.2 Å². The second-order valence-electron chi connectivity index (χ2n) is 6.93. The van der Waals surface area contributed by atoms with E-state index in [4.69, 9.17) is 5.84 Å². The minimum atomic E-state index is 0.188. The molecule has 1 saturated carbocycles. The second kappa shape index (κ2) is 5.74. The monoisotopic (exact) mass is 283 g/mol. The predicted octanol–water partition coefficient (Wildman–Crippen LogP) is 3.96. The fraction of sp³-hybridized carbons (Fsp3) is 0.500. The summed E-state index contributed by atoms with van der Waals surface area (Å²) in [5.74, 6) is 6.53. The Balaban J connectivity index is 2.06. The van der Waals surface area contributed by atoms with Crippen LogP contribution in [-0.2, 0) is 0 Å². The highest BCUT2D eigenvalue weighted by Gasteiger charge is 2.38. The molecule has 3 rings (SSSR count). The molecule has 3 nitrogen and oxygen atoms in total. The first-order valence-electron chi connectivity index (χ1n) is 7.92. The number of aromatic nitrogens is 1. The predicted molar refractivity (Wildman–Crippen MR) is 87.5 cm³/mol. The summed E-state index contributed by atoms with van der Waals surface area (Å²) in [4.78, 5) is 4.30. The summed E-state index contributed by atoms with van der Waals surface area (Å²) in [6.45, 7) is 4.76. The molecular weight excluding hydrogens is 258 g/mol. The average molecular weight is 283 g/mol. The molecule has 1 heterocycles. The van der Waals surface area contributed by atoms with Gasteiger partial charge in [0, 0.05) is 23.8 Å². The maximum Gasteiger partial charge on any atom is 0.0499 e. The van der Waals surface area contributed by atoms with E-state index in [-0.39, 0.29) is 6.04 Å². The average Bonchev–Trinajstić information content (AvgIpc) is 2.49. The van der Waals surface area contributed by atoms with Gasteiger partial charge in [0.05, 0.1) is 0 Å². The lowest BCUT2D eigenvalue weighted by Crippen LogP contribution is -2.41. The summed E-state index contributed by atoms with van der Waals surface area (Å²) in [5, 5.41) is 2.45. The van der Waals surface area contributed by atoms with Gasteiger partial charge in [-0.1, -0.05) is 44.9 Å². The highest BCUT2D eigenvalue weighted by Crippen LogP contribution is 2.47. The van der Waals surface area contributed by atoms with Crippen molar-refractivity contribution in [1.82, 2.24) is 10.4 Å². The van der Waals surface area contributed by atoms with Crippen LogP contribution in [0.1, 0.15) is 51.1 Å². The molecule has 2 unspecified atom stereocenters. The molecule has 1 aromatic heterocycles. The Morgan fingerprint density at radius 3 is 2.90 bits per heavy atom. The van der Waals surface area contributed by atoms with Crippen LogP contribution in [0, 0.1) is 11.3 Å². The molecule has 1 fully saturated rings. The van der Waals surface area contributed by atoms with Gasteiger partial charge in [-0.2, -0.15) is 0 Å². The van der Waals surface area contributed by atoms with Gasteiger partial charge in [0.15, 0.2) is 0 Å². The van der Waals surface area contributed by atoms with Gasteiger partial charge in [0.2, 0.25) is 0 Å². The minimum Gasteiger partial charge on any atom is -0.271 e. The maximum absolute atomic E-state index is 5.98. The van der Waals surface area contributed by atoms with Crippen molar-refractivity contribution in [3.05, 3.63) is 42.2 Å². The van der Waals surface area contributed by atoms with Crippen LogP contribution in [0.4, 0.5) is 0 Å². The van der Waals surface area contributed by atoms with Gasteiger partial charge in [-0.25, -0.2) is 0 Å². The second-order valence-corrected chi connectivity index (χ2v) is 6.93. The van der Waals surface area contributed by atoms with E-state index in [1.165, 1.54) is 42.0 Å². The first kappa shape index (κ1) is 14.5. The third kappa shape index (κ3) is 2.68. The molecule has 2 aromatic rings. The normalized spacial score (nSPS) is 23.1. The zero-order chi connectivity index (χ0) is 14.9. The Kier molecular flexibility index (Phi) is 3.96. The Hall–Kier alpha value is -1.45. The van der Waals surface area contributed by atoms with Gasteiger partial charge in [-0.05, 0) is 41.2 Å².